The maximum Gasteiger partial charge on any atom is 0.257 e. The Hall–Kier alpha value is -2.36. The molecule has 0 spiro atoms. The number of nitrogens with zero attached hydrogens (tertiary/aromatic N) is 1. The molecule has 0 unspecified atom stereocenters. The second kappa shape index (κ2) is 5.95. The molecule has 0 bridgehead atoms. The van der Waals surface area contributed by atoms with E-state index in [0.717, 1.165) is 23.4 Å². The monoisotopic (exact) mass is 281 g/mol. The lowest BCUT2D eigenvalue weighted by Crippen LogP contribution is -2.14. The van der Waals surface area contributed by atoms with E-state index >= 15 is 0 Å². The van der Waals surface area contributed by atoms with Crippen molar-refractivity contribution < 1.29 is 4.79 Å². The third kappa shape index (κ3) is 3.40. The van der Waals surface area contributed by atoms with Crippen LogP contribution in [0.1, 0.15) is 35.7 Å². The molecule has 1 aromatic heterocycles. The zero-order chi connectivity index (χ0) is 14.7. The van der Waals surface area contributed by atoms with Gasteiger partial charge in [-0.15, -0.1) is 0 Å². The van der Waals surface area contributed by atoms with E-state index in [9.17, 15) is 4.79 Å². The quantitative estimate of drug-likeness (QED) is 0.882. The van der Waals surface area contributed by atoms with Crippen LogP contribution in [0.5, 0.6) is 0 Å². The fourth-order valence-electron chi connectivity index (χ4n) is 2.25. The molecule has 1 heterocycles. The number of hydrogen-bond acceptors (Lipinski definition) is 3. The maximum atomic E-state index is 12.4. The van der Waals surface area contributed by atoms with E-state index in [-0.39, 0.29) is 5.91 Å². The van der Waals surface area contributed by atoms with Crippen LogP contribution in [0.15, 0.2) is 42.7 Å². The normalized spacial score (nSPS) is 13.8. The molecule has 2 aromatic rings. The summed E-state index contributed by atoms with van der Waals surface area (Å²) in [6.45, 7) is 2.08. The molecule has 2 N–H and O–H groups in total. The number of benzene rings is 1. The number of nitrogens with one attached hydrogen (secondary N) is 2. The van der Waals surface area contributed by atoms with Crippen molar-refractivity contribution in [3.8, 4) is 0 Å². The number of carbonyl (C=O) groups excluding carboxylic acids is 1. The lowest BCUT2D eigenvalue weighted by Gasteiger charge is -2.10. The van der Waals surface area contributed by atoms with Crippen molar-refractivity contribution in [1.82, 2.24) is 4.98 Å². The van der Waals surface area contributed by atoms with Crippen LogP contribution < -0.4 is 10.6 Å². The van der Waals surface area contributed by atoms with E-state index in [4.69, 9.17) is 0 Å². The van der Waals surface area contributed by atoms with Gasteiger partial charge in [-0.05, 0) is 37.0 Å². The Morgan fingerprint density at radius 1 is 1.29 bits per heavy atom. The largest absolute Gasteiger partial charge is 0.381 e. The topological polar surface area (TPSA) is 54.0 Å². The molecule has 1 aliphatic carbocycles. The Bertz CT molecular complexity index is 650. The SMILES string of the molecule is CCc1ccccc1NC(=O)c1cncc(NC2CC2)c1. The summed E-state index contributed by atoms with van der Waals surface area (Å²) in [6.07, 6.45) is 6.63. The minimum absolute atomic E-state index is 0.122. The molecule has 4 nitrogen and oxygen atoms in total. The Morgan fingerprint density at radius 2 is 2.10 bits per heavy atom. The zero-order valence-corrected chi connectivity index (χ0v) is 12.1. The molecule has 1 aromatic carbocycles. The second-order valence-electron chi connectivity index (χ2n) is 5.35. The van der Waals surface area contributed by atoms with Crippen molar-refractivity contribution in [2.45, 2.75) is 32.2 Å². The number of rotatable bonds is 5. The number of hydrogen-bond donors (Lipinski definition) is 2. The summed E-state index contributed by atoms with van der Waals surface area (Å²) in [7, 11) is 0. The van der Waals surface area contributed by atoms with E-state index in [1.807, 2.05) is 30.3 Å². The summed E-state index contributed by atoms with van der Waals surface area (Å²) in [6, 6.07) is 10.3. The molecule has 21 heavy (non-hydrogen) atoms. The smallest absolute Gasteiger partial charge is 0.257 e. The molecular formula is C17H19N3O. The van der Waals surface area contributed by atoms with Crippen LogP contribution in [0, 0.1) is 0 Å². The molecule has 1 amide bonds. The van der Waals surface area contributed by atoms with Gasteiger partial charge in [-0.3, -0.25) is 9.78 Å². The zero-order valence-electron chi connectivity index (χ0n) is 12.1. The van der Waals surface area contributed by atoms with Crippen molar-refractivity contribution >= 4 is 17.3 Å². The van der Waals surface area contributed by atoms with Gasteiger partial charge in [-0.1, -0.05) is 25.1 Å². The van der Waals surface area contributed by atoms with Crippen molar-refractivity contribution in [1.29, 1.82) is 0 Å². The van der Waals surface area contributed by atoms with Gasteiger partial charge in [0.25, 0.3) is 5.91 Å². The summed E-state index contributed by atoms with van der Waals surface area (Å²) < 4.78 is 0. The number of pyridine rings is 1. The summed E-state index contributed by atoms with van der Waals surface area (Å²) in [4.78, 5) is 16.5. The Labute approximate surface area is 124 Å². The van der Waals surface area contributed by atoms with E-state index in [1.54, 1.807) is 12.4 Å². The summed E-state index contributed by atoms with van der Waals surface area (Å²) in [5, 5.41) is 6.32. The van der Waals surface area contributed by atoms with Gasteiger partial charge in [0.2, 0.25) is 0 Å². The summed E-state index contributed by atoms with van der Waals surface area (Å²) in [5.41, 5.74) is 3.48. The van der Waals surface area contributed by atoms with E-state index in [0.29, 0.717) is 11.6 Å². The molecule has 0 atom stereocenters. The van der Waals surface area contributed by atoms with Crippen molar-refractivity contribution in [2.75, 3.05) is 10.6 Å². The van der Waals surface area contributed by atoms with Crippen LogP contribution in [0.25, 0.3) is 0 Å². The highest BCUT2D eigenvalue weighted by Gasteiger charge is 2.21. The minimum atomic E-state index is -0.122. The number of carbonyl (C=O) groups is 1. The van der Waals surface area contributed by atoms with Gasteiger partial charge >= 0.3 is 0 Å². The highest BCUT2D eigenvalue weighted by atomic mass is 16.1. The van der Waals surface area contributed by atoms with Gasteiger partial charge in [0.15, 0.2) is 0 Å². The number of aryl methyl sites for hydroxylation is 1. The number of para-hydroxylation sites is 1. The standard InChI is InChI=1S/C17H19N3O/c1-2-12-5-3-4-6-16(12)20-17(21)13-9-15(11-18-10-13)19-14-7-8-14/h3-6,9-11,14,19H,2,7-8H2,1H3,(H,20,21). The van der Waals surface area contributed by atoms with Crippen LogP contribution in [0.2, 0.25) is 0 Å². The molecule has 0 saturated heterocycles. The Balaban J connectivity index is 1.75. The van der Waals surface area contributed by atoms with Gasteiger partial charge in [-0.2, -0.15) is 0 Å². The average Bonchev–Trinajstić information content (AvgIpc) is 3.32. The lowest BCUT2D eigenvalue weighted by atomic mass is 10.1. The third-order valence-corrected chi connectivity index (χ3v) is 3.60. The van der Waals surface area contributed by atoms with Crippen LogP contribution in [-0.2, 0) is 6.42 Å². The van der Waals surface area contributed by atoms with Crippen molar-refractivity contribution in [3.63, 3.8) is 0 Å². The number of anilines is 2. The van der Waals surface area contributed by atoms with Crippen LogP contribution >= 0.6 is 0 Å². The molecule has 1 aliphatic rings. The molecule has 108 valence electrons. The predicted molar refractivity (Wildman–Crippen MR) is 84.7 cm³/mol. The van der Waals surface area contributed by atoms with Crippen molar-refractivity contribution in [2.24, 2.45) is 0 Å². The second-order valence-corrected chi connectivity index (χ2v) is 5.35. The van der Waals surface area contributed by atoms with Crippen LogP contribution in [0.4, 0.5) is 11.4 Å². The average molecular weight is 281 g/mol. The maximum absolute atomic E-state index is 12.4. The van der Waals surface area contributed by atoms with Crippen LogP contribution in [0.3, 0.4) is 0 Å². The summed E-state index contributed by atoms with van der Waals surface area (Å²) in [5.74, 6) is -0.122. The van der Waals surface area contributed by atoms with Gasteiger partial charge < -0.3 is 10.6 Å². The van der Waals surface area contributed by atoms with Gasteiger partial charge in [0.05, 0.1) is 11.3 Å². The first-order chi connectivity index (χ1) is 10.3. The number of amides is 1. The van der Waals surface area contributed by atoms with Gasteiger partial charge in [0.1, 0.15) is 0 Å². The fourth-order valence-corrected chi connectivity index (χ4v) is 2.25. The lowest BCUT2D eigenvalue weighted by molar-refractivity contribution is 0.102. The first-order valence-corrected chi connectivity index (χ1v) is 7.37. The fraction of sp³-hybridized carbons (Fsp3) is 0.294. The molecule has 0 radical (unpaired) electrons. The predicted octanol–water partition coefficient (Wildman–Crippen LogP) is 3.47. The molecule has 1 fully saturated rings. The first-order valence-electron chi connectivity index (χ1n) is 7.37. The molecule has 0 aliphatic heterocycles. The molecule has 4 heteroatoms. The Kier molecular flexibility index (Phi) is 3.86. The first kappa shape index (κ1) is 13.6. The molecular weight excluding hydrogens is 262 g/mol. The highest BCUT2D eigenvalue weighted by molar-refractivity contribution is 6.04. The van der Waals surface area contributed by atoms with Crippen molar-refractivity contribution in [3.05, 3.63) is 53.9 Å². The van der Waals surface area contributed by atoms with E-state index < -0.39 is 0 Å². The van der Waals surface area contributed by atoms with Crippen LogP contribution in [-0.4, -0.2) is 16.9 Å². The van der Waals surface area contributed by atoms with Gasteiger partial charge in [0, 0.05) is 24.1 Å². The molecule has 3 rings (SSSR count). The number of aromatic nitrogens is 1. The van der Waals surface area contributed by atoms with E-state index in [1.165, 1.54) is 12.8 Å². The van der Waals surface area contributed by atoms with Gasteiger partial charge in [-0.25, -0.2) is 0 Å². The highest BCUT2D eigenvalue weighted by Crippen LogP contribution is 2.24. The minimum Gasteiger partial charge on any atom is -0.381 e. The molecule has 1 saturated carbocycles. The summed E-state index contributed by atoms with van der Waals surface area (Å²) >= 11 is 0. The van der Waals surface area contributed by atoms with E-state index in [2.05, 4.69) is 22.5 Å². The Morgan fingerprint density at radius 3 is 2.86 bits per heavy atom. The third-order valence-electron chi connectivity index (χ3n) is 3.60.